The van der Waals surface area contributed by atoms with E-state index in [1.54, 1.807) is 0 Å². The SMILES string of the molecule is NC(c1cnc2ccccc2c1)C1CCCCCC1. The van der Waals surface area contributed by atoms with Crippen LogP contribution in [0.25, 0.3) is 10.9 Å². The Kier molecular flexibility index (Phi) is 3.79. The molecule has 0 spiro atoms. The Morgan fingerprint density at radius 3 is 2.58 bits per heavy atom. The van der Waals surface area contributed by atoms with E-state index in [4.69, 9.17) is 5.73 Å². The average molecular weight is 254 g/mol. The van der Waals surface area contributed by atoms with Crippen LogP contribution in [0.5, 0.6) is 0 Å². The van der Waals surface area contributed by atoms with Crippen molar-refractivity contribution in [2.75, 3.05) is 0 Å². The Balaban J connectivity index is 1.85. The average Bonchev–Trinajstić information content (AvgIpc) is 2.75. The minimum absolute atomic E-state index is 0.148. The van der Waals surface area contributed by atoms with Gasteiger partial charge in [-0.2, -0.15) is 0 Å². The Labute approximate surface area is 115 Å². The highest BCUT2D eigenvalue weighted by atomic mass is 14.7. The molecule has 1 aromatic heterocycles. The zero-order valence-corrected chi connectivity index (χ0v) is 11.4. The van der Waals surface area contributed by atoms with Gasteiger partial charge in [-0.15, -0.1) is 0 Å². The van der Waals surface area contributed by atoms with Gasteiger partial charge in [0, 0.05) is 17.6 Å². The van der Waals surface area contributed by atoms with E-state index < -0.39 is 0 Å². The number of aromatic nitrogens is 1. The number of nitrogens with two attached hydrogens (primary N) is 1. The molecule has 1 atom stereocenters. The topological polar surface area (TPSA) is 38.9 Å². The van der Waals surface area contributed by atoms with Crippen molar-refractivity contribution in [1.82, 2.24) is 4.98 Å². The molecule has 2 heteroatoms. The molecular weight excluding hydrogens is 232 g/mol. The van der Waals surface area contributed by atoms with E-state index in [0.29, 0.717) is 5.92 Å². The van der Waals surface area contributed by atoms with Gasteiger partial charge in [-0.25, -0.2) is 0 Å². The van der Waals surface area contributed by atoms with Crippen molar-refractivity contribution < 1.29 is 0 Å². The molecule has 2 aromatic rings. The Hall–Kier alpha value is -1.41. The number of benzene rings is 1. The third-order valence-corrected chi connectivity index (χ3v) is 4.40. The summed E-state index contributed by atoms with van der Waals surface area (Å²) in [7, 11) is 0. The zero-order valence-electron chi connectivity index (χ0n) is 11.4. The predicted molar refractivity (Wildman–Crippen MR) is 79.9 cm³/mol. The summed E-state index contributed by atoms with van der Waals surface area (Å²) in [4.78, 5) is 4.54. The Morgan fingerprint density at radius 2 is 1.79 bits per heavy atom. The summed E-state index contributed by atoms with van der Waals surface area (Å²) in [6.45, 7) is 0. The number of pyridine rings is 1. The molecule has 1 aliphatic rings. The lowest BCUT2D eigenvalue weighted by molar-refractivity contribution is 0.382. The van der Waals surface area contributed by atoms with Crippen molar-refractivity contribution in [3.05, 3.63) is 42.1 Å². The maximum absolute atomic E-state index is 6.49. The fraction of sp³-hybridized carbons (Fsp3) is 0.471. The van der Waals surface area contributed by atoms with Crippen LogP contribution in [0.1, 0.15) is 50.1 Å². The maximum Gasteiger partial charge on any atom is 0.0702 e. The van der Waals surface area contributed by atoms with Crippen molar-refractivity contribution in [3.63, 3.8) is 0 Å². The van der Waals surface area contributed by atoms with Gasteiger partial charge < -0.3 is 5.73 Å². The molecule has 19 heavy (non-hydrogen) atoms. The molecule has 100 valence electrons. The first kappa shape index (κ1) is 12.6. The monoisotopic (exact) mass is 254 g/mol. The van der Waals surface area contributed by atoms with Crippen LogP contribution in [-0.4, -0.2) is 4.98 Å². The summed E-state index contributed by atoms with van der Waals surface area (Å²) >= 11 is 0. The molecule has 1 fully saturated rings. The van der Waals surface area contributed by atoms with Gasteiger partial charge in [-0.1, -0.05) is 43.9 Å². The molecule has 2 N–H and O–H groups in total. The normalized spacial score (nSPS) is 19.2. The van der Waals surface area contributed by atoms with E-state index in [0.717, 1.165) is 5.52 Å². The van der Waals surface area contributed by atoms with Crippen LogP contribution in [-0.2, 0) is 0 Å². The van der Waals surface area contributed by atoms with Gasteiger partial charge in [0.25, 0.3) is 0 Å². The second kappa shape index (κ2) is 5.70. The van der Waals surface area contributed by atoms with Gasteiger partial charge in [0.05, 0.1) is 5.52 Å². The molecule has 3 rings (SSSR count). The van der Waals surface area contributed by atoms with Gasteiger partial charge in [0.2, 0.25) is 0 Å². The standard InChI is InChI=1S/C17H22N2/c18-17(13-7-3-1-2-4-8-13)15-11-14-9-5-6-10-16(14)19-12-15/h5-6,9-13,17H,1-4,7-8,18H2. The summed E-state index contributed by atoms with van der Waals surface area (Å²) in [5.41, 5.74) is 8.74. The van der Waals surface area contributed by atoms with E-state index in [9.17, 15) is 0 Å². The van der Waals surface area contributed by atoms with E-state index in [1.807, 2.05) is 12.3 Å². The van der Waals surface area contributed by atoms with Crippen molar-refractivity contribution in [2.45, 2.75) is 44.6 Å². The van der Waals surface area contributed by atoms with Crippen molar-refractivity contribution in [3.8, 4) is 0 Å². The number of nitrogens with zero attached hydrogens (tertiary/aromatic N) is 1. The third kappa shape index (κ3) is 2.79. The van der Waals surface area contributed by atoms with E-state index in [2.05, 4.69) is 29.2 Å². The van der Waals surface area contributed by atoms with Crippen molar-refractivity contribution in [2.24, 2.45) is 11.7 Å². The first-order chi connectivity index (χ1) is 9.34. The maximum atomic E-state index is 6.49. The molecule has 1 heterocycles. The number of fused-ring (bicyclic) bond motifs is 1. The second-order valence-electron chi connectivity index (χ2n) is 5.74. The van der Waals surface area contributed by atoms with Gasteiger partial charge in [0.15, 0.2) is 0 Å². The van der Waals surface area contributed by atoms with E-state index >= 15 is 0 Å². The first-order valence-electron chi connectivity index (χ1n) is 7.45. The van der Waals surface area contributed by atoms with Crippen LogP contribution in [0.15, 0.2) is 36.5 Å². The third-order valence-electron chi connectivity index (χ3n) is 4.40. The molecule has 0 bridgehead atoms. The molecule has 1 aromatic carbocycles. The molecule has 1 unspecified atom stereocenters. The summed E-state index contributed by atoms with van der Waals surface area (Å²) in [6, 6.07) is 10.6. The van der Waals surface area contributed by atoms with E-state index in [-0.39, 0.29) is 6.04 Å². The molecule has 0 saturated heterocycles. The molecule has 0 aliphatic heterocycles. The predicted octanol–water partition coefficient (Wildman–Crippen LogP) is 4.21. The fourth-order valence-electron chi connectivity index (χ4n) is 3.21. The van der Waals surface area contributed by atoms with Crippen LogP contribution in [0.4, 0.5) is 0 Å². The second-order valence-corrected chi connectivity index (χ2v) is 5.74. The zero-order chi connectivity index (χ0) is 13.1. The lowest BCUT2D eigenvalue weighted by Gasteiger charge is -2.22. The smallest absolute Gasteiger partial charge is 0.0702 e. The van der Waals surface area contributed by atoms with Crippen LogP contribution in [0.3, 0.4) is 0 Å². The number of para-hydroxylation sites is 1. The van der Waals surface area contributed by atoms with Gasteiger partial charge in [-0.3, -0.25) is 4.98 Å². The molecular formula is C17H22N2. The highest BCUT2D eigenvalue weighted by molar-refractivity contribution is 5.78. The minimum Gasteiger partial charge on any atom is -0.324 e. The number of hydrogen-bond acceptors (Lipinski definition) is 2. The Morgan fingerprint density at radius 1 is 1.05 bits per heavy atom. The minimum atomic E-state index is 0.148. The van der Waals surface area contributed by atoms with Crippen LogP contribution in [0, 0.1) is 5.92 Å². The van der Waals surface area contributed by atoms with Gasteiger partial charge in [0.1, 0.15) is 0 Å². The van der Waals surface area contributed by atoms with E-state index in [1.165, 1.54) is 49.5 Å². The van der Waals surface area contributed by atoms with Crippen molar-refractivity contribution >= 4 is 10.9 Å². The lowest BCUT2D eigenvalue weighted by Crippen LogP contribution is -2.21. The molecule has 1 saturated carbocycles. The lowest BCUT2D eigenvalue weighted by atomic mass is 9.88. The number of hydrogen-bond donors (Lipinski definition) is 1. The molecule has 0 radical (unpaired) electrons. The number of rotatable bonds is 2. The molecule has 0 amide bonds. The summed E-state index contributed by atoms with van der Waals surface area (Å²) in [5, 5.41) is 1.20. The van der Waals surface area contributed by atoms with Crippen LogP contribution in [0.2, 0.25) is 0 Å². The van der Waals surface area contributed by atoms with Gasteiger partial charge in [-0.05, 0) is 36.5 Å². The summed E-state index contributed by atoms with van der Waals surface area (Å²) in [6.07, 6.45) is 9.93. The molecule has 2 nitrogen and oxygen atoms in total. The highest BCUT2D eigenvalue weighted by Crippen LogP contribution is 2.32. The summed E-state index contributed by atoms with van der Waals surface area (Å²) in [5.74, 6) is 0.630. The highest BCUT2D eigenvalue weighted by Gasteiger charge is 2.21. The van der Waals surface area contributed by atoms with Crippen molar-refractivity contribution in [1.29, 1.82) is 0 Å². The Bertz CT molecular complexity index is 542. The fourth-order valence-corrected chi connectivity index (χ4v) is 3.21. The largest absolute Gasteiger partial charge is 0.324 e. The molecule has 1 aliphatic carbocycles. The quantitative estimate of drug-likeness (QED) is 0.815. The van der Waals surface area contributed by atoms with Crippen LogP contribution >= 0.6 is 0 Å². The van der Waals surface area contributed by atoms with Gasteiger partial charge >= 0.3 is 0 Å². The summed E-state index contributed by atoms with van der Waals surface area (Å²) < 4.78 is 0. The first-order valence-corrected chi connectivity index (χ1v) is 7.45. The van der Waals surface area contributed by atoms with Crippen LogP contribution < -0.4 is 5.73 Å².